The summed E-state index contributed by atoms with van der Waals surface area (Å²) in [4.78, 5) is 3.20. The predicted molar refractivity (Wildman–Crippen MR) is 84.5 cm³/mol. The lowest BCUT2D eigenvalue weighted by Crippen LogP contribution is -2.53. The third-order valence-electron chi connectivity index (χ3n) is 4.48. The molecule has 1 aliphatic heterocycles. The van der Waals surface area contributed by atoms with E-state index in [4.69, 9.17) is 26.4 Å². The van der Waals surface area contributed by atoms with Crippen molar-refractivity contribution in [2.24, 2.45) is 5.92 Å². The Morgan fingerprint density at radius 1 is 1.10 bits per heavy atom. The van der Waals surface area contributed by atoms with Crippen LogP contribution in [0, 0.1) is 5.92 Å². The molecule has 5 nitrogen and oxygen atoms in total. The van der Waals surface area contributed by atoms with Gasteiger partial charge in [-0.05, 0) is 26.7 Å². The summed E-state index contributed by atoms with van der Waals surface area (Å²) in [6.45, 7) is 5.81. The highest BCUT2D eigenvalue weighted by atomic mass is 32.1. The summed E-state index contributed by atoms with van der Waals surface area (Å²) in [5.74, 6) is 0.204. The number of thiocarbonyl (C=S) groups is 1. The van der Waals surface area contributed by atoms with Crippen molar-refractivity contribution < 1.29 is 19.3 Å². The second kappa shape index (κ2) is 7.33. The van der Waals surface area contributed by atoms with Gasteiger partial charge in [-0.2, -0.15) is 0 Å². The molecular formula is C15H27NO4S. The van der Waals surface area contributed by atoms with Crippen LogP contribution >= 0.6 is 12.2 Å². The van der Waals surface area contributed by atoms with Gasteiger partial charge in [0.2, 0.25) is 0 Å². The normalized spacial score (nSPS) is 41.1. The molecule has 2 aliphatic rings. The van der Waals surface area contributed by atoms with Gasteiger partial charge in [0.25, 0.3) is 0 Å². The van der Waals surface area contributed by atoms with Gasteiger partial charge in [0.05, 0.1) is 29.4 Å². The minimum Gasteiger partial charge on any atom is -0.388 e. The Bertz CT molecular complexity index is 344. The summed E-state index contributed by atoms with van der Waals surface area (Å²) in [6, 6.07) is 0. The topological polar surface area (TPSA) is 51.2 Å². The van der Waals surface area contributed by atoms with E-state index < -0.39 is 6.10 Å². The van der Waals surface area contributed by atoms with Gasteiger partial charge in [-0.25, -0.2) is 0 Å². The zero-order chi connectivity index (χ0) is 15.6. The van der Waals surface area contributed by atoms with Gasteiger partial charge in [-0.3, -0.25) is 0 Å². The molecule has 4 atom stereocenters. The summed E-state index contributed by atoms with van der Waals surface area (Å²) >= 11 is 5.72. The van der Waals surface area contributed by atoms with Crippen LogP contribution in [0.25, 0.3) is 0 Å². The minimum absolute atomic E-state index is 0.192. The molecule has 1 heterocycles. The van der Waals surface area contributed by atoms with Crippen LogP contribution in [-0.4, -0.2) is 72.8 Å². The van der Waals surface area contributed by atoms with Gasteiger partial charge < -0.3 is 24.2 Å². The van der Waals surface area contributed by atoms with E-state index in [1.807, 2.05) is 0 Å². The lowest BCUT2D eigenvalue weighted by molar-refractivity contribution is -0.120. The highest BCUT2D eigenvalue weighted by Gasteiger charge is 2.40. The first-order valence-corrected chi connectivity index (χ1v) is 8.05. The molecule has 2 fully saturated rings. The highest BCUT2D eigenvalue weighted by molar-refractivity contribution is 7.80. The third kappa shape index (κ3) is 3.93. The number of hydrogen-bond acceptors (Lipinski definition) is 5. The molecule has 4 unspecified atom stereocenters. The number of morpholine rings is 1. The van der Waals surface area contributed by atoms with Crippen LogP contribution in [0.2, 0.25) is 0 Å². The molecular weight excluding hydrogens is 290 g/mol. The molecule has 1 saturated heterocycles. The smallest absolute Gasteiger partial charge is 0.106 e. The molecule has 1 N–H and O–H groups in total. The first kappa shape index (κ1) is 17.1. The predicted octanol–water partition coefficient (Wildman–Crippen LogP) is 1.22. The molecule has 0 amide bonds. The summed E-state index contributed by atoms with van der Waals surface area (Å²) in [5.41, 5.74) is 0. The Morgan fingerprint density at radius 2 is 1.57 bits per heavy atom. The Morgan fingerprint density at radius 3 is 2.00 bits per heavy atom. The molecule has 1 aliphatic carbocycles. The molecule has 1 saturated carbocycles. The molecule has 0 aromatic heterocycles. The molecule has 0 spiro atoms. The van der Waals surface area contributed by atoms with E-state index in [2.05, 4.69) is 18.7 Å². The van der Waals surface area contributed by atoms with Gasteiger partial charge in [0.15, 0.2) is 0 Å². The van der Waals surface area contributed by atoms with Gasteiger partial charge >= 0.3 is 0 Å². The van der Waals surface area contributed by atoms with Crippen LogP contribution in [0.5, 0.6) is 0 Å². The number of ether oxygens (including phenoxy) is 3. The molecule has 122 valence electrons. The van der Waals surface area contributed by atoms with Gasteiger partial charge in [-0.1, -0.05) is 12.2 Å². The standard InChI is InChI=1S/C15H27NO4S/c1-9-7-16(8-10(2)20-9)15(21)11-5-12(18-3)14(17)13(6-11)19-4/h9-14,17H,5-8H2,1-4H3. The monoisotopic (exact) mass is 317 g/mol. The quantitative estimate of drug-likeness (QED) is 0.790. The maximum absolute atomic E-state index is 10.2. The zero-order valence-electron chi connectivity index (χ0n) is 13.3. The zero-order valence-corrected chi connectivity index (χ0v) is 14.1. The van der Waals surface area contributed by atoms with Crippen molar-refractivity contribution in [3.05, 3.63) is 0 Å². The Labute approximate surface area is 132 Å². The van der Waals surface area contributed by atoms with Crippen molar-refractivity contribution in [3.63, 3.8) is 0 Å². The van der Waals surface area contributed by atoms with Crippen molar-refractivity contribution in [1.29, 1.82) is 0 Å². The summed E-state index contributed by atoms with van der Waals surface area (Å²) < 4.78 is 16.6. The maximum atomic E-state index is 10.2. The maximum Gasteiger partial charge on any atom is 0.106 e. The van der Waals surface area contributed by atoms with Gasteiger partial charge in [0.1, 0.15) is 6.10 Å². The number of aliphatic hydroxyl groups excluding tert-OH is 1. The second-order valence-corrected chi connectivity index (χ2v) is 6.63. The number of nitrogens with zero attached hydrogens (tertiary/aromatic N) is 1. The Hall–Kier alpha value is -0.270. The first-order chi connectivity index (χ1) is 9.96. The number of hydrogen-bond donors (Lipinski definition) is 1. The second-order valence-electron chi connectivity index (χ2n) is 6.21. The Balaban J connectivity index is 2.04. The van der Waals surface area contributed by atoms with Crippen LogP contribution in [0.3, 0.4) is 0 Å². The molecule has 2 rings (SSSR count). The summed E-state index contributed by atoms with van der Waals surface area (Å²) in [7, 11) is 3.26. The first-order valence-electron chi connectivity index (χ1n) is 7.64. The molecule has 0 bridgehead atoms. The van der Waals surface area contributed by atoms with E-state index in [1.165, 1.54) is 0 Å². The number of rotatable bonds is 3. The van der Waals surface area contributed by atoms with Crippen LogP contribution in [0.15, 0.2) is 0 Å². The SMILES string of the molecule is COC1CC(C(=S)N2CC(C)OC(C)C2)CC(OC)C1O. The fourth-order valence-electron chi connectivity index (χ4n) is 3.46. The Kier molecular flexibility index (Phi) is 5.96. The third-order valence-corrected chi connectivity index (χ3v) is 5.07. The van der Waals surface area contributed by atoms with Crippen LogP contribution in [0.1, 0.15) is 26.7 Å². The minimum atomic E-state index is -0.582. The van der Waals surface area contributed by atoms with Crippen LogP contribution < -0.4 is 0 Å². The lowest BCUT2D eigenvalue weighted by atomic mass is 9.82. The van der Waals surface area contributed by atoms with Crippen molar-refractivity contribution in [3.8, 4) is 0 Å². The van der Waals surface area contributed by atoms with Crippen molar-refractivity contribution >= 4 is 17.2 Å². The van der Waals surface area contributed by atoms with Crippen molar-refractivity contribution in [2.75, 3.05) is 27.3 Å². The highest BCUT2D eigenvalue weighted by Crippen LogP contribution is 2.31. The van der Waals surface area contributed by atoms with Crippen molar-refractivity contribution in [2.45, 2.75) is 57.2 Å². The molecule has 6 heteroatoms. The number of aliphatic hydroxyl groups is 1. The van der Waals surface area contributed by atoms with E-state index in [1.54, 1.807) is 14.2 Å². The number of methoxy groups -OCH3 is 2. The largest absolute Gasteiger partial charge is 0.388 e. The average Bonchev–Trinajstić information content (AvgIpc) is 2.45. The van der Waals surface area contributed by atoms with Crippen LogP contribution in [0.4, 0.5) is 0 Å². The summed E-state index contributed by atoms with van der Waals surface area (Å²) in [6.07, 6.45) is 0.855. The molecule has 0 aromatic rings. The lowest BCUT2D eigenvalue weighted by Gasteiger charge is -2.43. The van der Waals surface area contributed by atoms with E-state index >= 15 is 0 Å². The van der Waals surface area contributed by atoms with E-state index in [-0.39, 0.29) is 30.3 Å². The van der Waals surface area contributed by atoms with Crippen LogP contribution in [-0.2, 0) is 14.2 Å². The van der Waals surface area contributed by atoms with E-state index in [0.717, 1.165) is 30.9 Å². The average molecular weight is 317 g/mol. The van der Waals surface area contributed by atoms with Gasteiger partial charge in [-0.15, -0.1) is 0 Å². The van der Waals surface area contributed by atoms with Crippen molar-refractivity contribution in [1.82, 2.24) is 4.90 Å². The van der Waals surface area contributed by atoms with E-state index in [0.29, 0.717) is 0 Å². The fourth-order valence-corrected chi connectivity index (χ4v) is 3.81. The molecule has 21 heavy (non-hydrogen) atoms. The van der Waals surface area contributed by atoms with E-state index in [9.17, 15) is 5.11 Å². The van der Waals surface area contributed by atoms with Gasteiger partial charge in [0, 0.05) is 33.2 Å². The molecule has 0 aromatic carbocycles. The summed E-state index contributed by atoms with van der Waals surface area (Å²) in [5, 5.41) is 10.2. The molecule has 0 radical (unpaired) electrons. The fraction of sp³-hybridized carbons (Fsp3) is 0.933.